The molecule has 0 N–H and O–H groups in total. The third-order valence-corrected chi connectivity index (χ3v) is 3.95. The SMILES string of the molecule is CCCN1CCCC(c2cccc(OC(=O)N(C)C)c2)C1. The minimum absolute atomic E-state index is 0.330. The van der Waals surface area contributed by atoms with Crippen LogP contribution in [0.2, 0.25) is 0 Å². The lowest BCUT2D eigenvalue weighted by atomic mass is 9.90. The third kappa shape index (κ3) is 4.46. The Morgan fingerprint density at radius 1 is 1.43 bits per heavy atom. The average molecular weight is 290 g/mol. The van der Waals surface area contributed by atoms with E-state index in [0.717, 1.165) is 6.54 Å². The zero-order valence-electron chi connectivity index (χ0n) is 13.3. The minimum atomic E-state index is -0.330. The number of benzene rings is 1. The molecule has 0 radical (unpaired) electrons. The van der Waals surface area contributed by atoms with Crippen molar-refractivity contribution in [3.05, 3.63) is 29.8 Å². The van der Waals surface area contributed by atoms with E-state index >= 15 is 0 Å². The summed E-state index contributed by atoms with van der Waals surface area (Å²) in [6, 6.07) is 7.98. The second kappa shape index (κ2) is 7.46. The number of carbonyl (C=O) groups is 1. The summed E-state index contributed by atoms with van der Waals surface area (Å²) in [6.45, 7) is 5.72. The van der Waals surface area contributed by atoms with Gasteiger partial charge in [-0.15, -0.1) is 0 Å². The molecule has 2 rings (SSSR count). The van der Waals surface area contributed by atoms with Crippen molar-refractivity contribution < 1.29 is 9.53 Å². The van der Waals surface area contributed by atoms with E-state index in [4.69, 9.17) is 4.74 Å². The summed E-state index contributed by atoms with van der Waals surface area (Å²) in [5, 5.41) is 0. The summed E-state index contributed by atoms with van der Waals surface area (Å²) in [6.07, 6.45) is 3.33. The monoisotopic (exact) mass is 290 g/mol. The van der Waals surface area contributed by atoms with Gasteiger partial charge in [0, 0.05) is 20.6 Å². The highest BCUT2D eigenvalue weighted by molar-refractivity contribution is 5.70. The van der Waals surface area contributed by atoms with Crippen LogP contribution in [0.25, 0.3) is 0 Å². The first kappa shape index (κ1) is 15.8. The average Bonchev–Trinajstić information content (AvgIpc) is 2.48. The van der Waals surface area contributed by atoms with E-state index in [0.29, 0.717) is 11.7 Å². The van der Waals surface area contributed by atoms with E-state index < -0.39 is 0 Å². The van der Waals surface area contributed by atoms with Crippen LogP contribution in [-0.2, 0) is 0 Å². The van der Waals surface area contributed by atoms with Gasteiger partial charge in [0.2, 0.25) is 0 Å². The smallest absolute Gasteiger partial charge is 0.410 e. The molecule has 1 fully saturated rings. The standard InChI is InChI=1S/C17H26N2O2/c1-4-10-19-11-6-8-15(13-19)14-7-5-9-16(12-14)21-17(20)18(2)3/h5,7,9,12,15H,4,6,8,10-11,13H2,1-3H3. The Morgan fingerprint density at radius 2 is 2.24 bits per heavy atom. The molecule has 4 nitrogen and oxygen atoms in total. The maximum absolute atomic E-state index is 11.6. The molecule has 116 valence electrons. The number of carbonyl (C=O) groups excluding carboxylic acids is 1. The van der Waals surface area contributed by atoms with Crippen molar-refractivity contribution in [3.8, 4) is 5.75 Å². The van der Waals surface area contributed by atoms with Crippen molar-refractivity contribution in [1.82, 2.24) is 9.80 Å². The van der Waals surface area contributed by atoms with E-state index in [2.05, 4.69) is 17.9 Å². The predicted octanol–water partition coefficient (Wildman–Crippen LogP) is 3.34. The number of ether oxygens (including phenoxy) is 1. The van der Waals surface area contributed by atoms with E-state index in [-0.39, 0.29) is 6.09 Å². The molecule has 0 aromatic heterocycles. The molecule has 1 unspecified atom stereocenters. The molecule has 1 atom stereocenters. The van der Waals surface area contributed by atoms with Crippen LogP contribution >= 0.6 is 0 Å². The largest absolute Gasteiger partial charge is 0.414 e. The normalized spacial score (nSPS) is 19.3. The highest BCUT2D eigenvalue weighted by atomic mass is 16.6. The Morgan fingerprint density at radius 3 is 2.95 bits per heavy atom. The fourth-order valence-electron chi connectivity index (χ4n) is 2.87. The number of rotatable bonds is 4. The lowest BCUT2D eigenvalue weighted by Gasteiger charge is -2.32. The molecule has 21 heavy (non-hydrogen) atoms. The first-order chi connectivity index (χ1) is 10.1. The van der Waals surface area contributed by atoms with Crippen molar-refractivity contribution in [2.24, 2.45) is 0 Å². The first-order valence-electron chi connectivity index (χ1n) is 7.81. The number of hydrogen-bond acceptors (Lipinski definition) is 3. The van der Waals surface area contributed by atoms with Crippen LogP contribution in [0.5, 0.6) is 5.75 Å². The van der Waals surface area contributed by atoms with Gasteiger partial charge in [0.25, 0.3) is 0 Å². The minimum Gasteiger partial charge on any atom is -0.410 e. The zero-order chi connectivity index (χ0) is 15.2. The van der Waals surface area contributed by atoms with Gasteiger partial charge in [-0.2, -0.15) is 0 Å². The van der Waals surface area contributed by atoms with Crippen molar-refractivity contribution in [3.63, 3.8) is 0 Å². The van der Waals surface area contributed by atoms with Crippen LogP contribution in [0.15, 0.2) is 24.3 Å². The van der Waals surface area contributed by atoms with Gasteiger partial charge in [-0.25, -0.2) is 4.79 Å². The molecule has 4 heteroatoms. The fraction of sp³-hybridized carbons (Fsp3) is 0.588. The molecule has 0 bridgehead atoms. The molecule has 1 aromatic rings. The predicted molar refractivity (Wildman–Crippen MR) is 84.9 cm³/mol. The molecule has 1 aliphatic heterocycles. The summed E-state index contributed by atoms with van der Waals surface area (Å²) in [5.74, 6) is 1.18. The third-order valence-electron chi connectivity index (χ3n) is 3.95. The highest BCUT2D eigenvalue weighted by Gasteiger charge is 2.21. The number of piperidine rings is 1. The summed E-state index contributed by atoms with van der Waals surface area (Å²) in [7, 11) is 3.38. The van der Waals surface area contributed by atoms with E-state index in [1.807, 2.05) is 18.2 Å². The van der Waals surface area contributed by atoms with Crippen LogP contribution in [0, 0.1) is 0 Å². The van der Waals surface area contributed by atoms with Crippen LogP contribution in [0.1, 0.15) is 37.7 Å². The summed E-state index contributed by atoms with van der Waals surface area (Å²) < 4.78 is 5.36. The lowest BCUT2D eigenvalue weighted by molar-refractivity contribution is 0.171. The van der Waals surface area contributed by atoms with Crippen molar-refractivity contribution in [1.29, 1.82) is 0 Å². The van der Waals surface area contributed by atoms with E-state index in [1.54, 1.807) is 14.1 Å². The zero-order valence-corrected chi connectivity index (χ0v) is 13.3. The molecular weight excluding hydrogens is 264 g/mol. The molecule has 1 heterocycles. The van der Waals surface area contributed by atoms with Gasteiger partial charge >= 0.3 is 6.09 Å². The molecule has 0 spiro atoms. The van der Waals surface area contributed by atoms with Crippen molar-refractivity contribution in [2.75, 3.05) is 33.7 Å². The second-order valence-corrected chi connectivity index (χ2v) is 5.97. The Labute approximate surface area is 127 Å². The van der Waals surface area contributed by atoms with Gasteiger partial charge in [0.1, 0.15) is 5.75 Å². The van der Waals surface area contributed by atoms with Gasteiger partial charge in [-0.3, -0.25) is 0 Å². The van der Waals surface area contributed by atoms with E-state index in [1.165, 1.54) is 42.8 Å². The van der Waals surface area contributed by atoms with Crippen LogP contribution in [0.3, 0.4) is 0 Å². The molecule has 0 saturated carbocycles. The van der Waals surface area contributed by atoms with Gasteiger partial charge in [0.15, 0.2) is 0 Å². The van der Waals surface area contributed by atoms with Gasteiger partial charge in [-0.1, -0.05) is 19.1 Å². The van der Waals surface area contributed by atoms with Crippen molar-refractivity contribution in [2.45, 2.75) is 32.1 Å². The molecule has 1 saturated heterocycles. The van der Waals surface area contributed by atoms with Gasteiger partial charge in [0.05, 0.1) is 0 Å². The summed E-state index contributed by atoms with van der Waals surface area (Å²) >= 11 is 0. The van der Waals surface area contributed by atoms with Crippen LogP contribution in [-0.4, -0.2) is 49.6 Å². The molecule has 0 aliphatic carbocycles. The Hall–Kier alpha value is -1.55. The Balaban J connectivity index is 2.04. The van der Waals surface area contributed by atoms with E-state index in [9.17, 15) is 4.79 Å². The molecular formula is C17H26N2O2. The van der Waals surface area contributed by atoms with Crippen LogP contribution in [0.4, 0.5) is 4.79 Å². The number of nitrogens with zero attached hydrogens (tertiary/aromatic N) is 2. The Bertz CT molecular complexity index is 472. The summed E-state index contributed by atoms with van der Waals surface area (Å²) in [4.78, 5) is 15.6. The number of likely N-dealkylation sites (tertiary alicyclic amines) is 1. The van der Waals surface area contributed by atoms with Crippen molar-refractivity contribution >= 4 is 6.09 Å². The lowest BCUT2D eigenvalue weighted by Crippen LogP contribution is -2.34. The fourth-order valence-corrected chi connectivity index (χ4v) is 2.87. The quantitative estimate of drug-likeness (QED) is 0.852. The molecule has 1 amide bonds. The number of amides is 1. The maximum atomic E-state index is 11.6. The molecule has 1 aliphatic rings. The molecule has 1 aromatic carbocycles. The Kier molecular flexibility index (Phi) is 5.62. The van der Waals surface area contributed by atoms with Gasteiger partial charge in [-0.05, 0) is 56.0 Å². The van der Waals surface area contributed by atoms with Gasteiger partial charge < -0.3 is 14.5 Å². The second-order valence-electron chi connectivity index (χ2n) is 5.97. The topological polar surface area (TPSA) is 32.8 Å². The first-order valence-corrected chi connectivity index (χ1v) is 7.81. The van der Waals surface area contributed by atoms with Crippen LogP contribution < -0.4 is 4.74 Å². The summed E-state index contributed by atoms with van der Waals surface area (Å²) in [5.41, 5.74) is 1.28. The maximum Gasteiger partial charge on any atom is 0.414 e. The highest BCUT2D eigenvalue weighted by Crippen LogP contribution is 2.29. The number of hydrogen-bond donors (Lipinski definition) is 0.